The number of likely N-dealkylation sites (tertiary alicyclic amines) is 1. The van der Waals surface area contributed by atoms with E-state index in [2.05, 4.69) is 0 Å². The van der Waals surface area contributed by atoms with E-state index in [-0.39, 0.29) is 25.4 Å². The number of halogens is 1. The first-order chi connectivity index (χ1) is 10.4. The molecule has 0 radical (unpaired) electrons. The van der Waals surface area contributed by atoms with Crippen LogP contribution in [-0.2, 0) is 18.6 Å². The first kappa shape index (κ1) is 20.0. The summed E-state index contributed by atoms with van der Waals surface area (Å²) >= 11 is 0. The summed E-state index contributed by atoms with van der Waals surface area (Å²) in [6, 6.07) is 0. The summed E-state index contributed by atoms with van der Waals surface area (Å²) in [5, 5.41) is -0.877. The van der Waals surface area contributed by atoms with Gasteiger partial charge in [-0.25, -0.2) is 13.2 Å². The summed E-state index contributed by atoms with van der Waals surface area (Å²) in [7, 11) is 1.56. The second-order valence-corrected chi connectivity index (χ2v) is 9.52. The Labute approximate surface area is 142 Å². The van der Waals surface area contributed by atoms with Gasteiger partial charge in [-0.15, -0.1) is 0 Å². The zero-order valence-electron chi connectivity index (χ0n) is 14.0. The Balaban J connectivity index is 2.62. The van der Waals surface area contributed by atoms with Crippen molar-refractivity contribution >= 4 is 31.7 Å². The minimum absolute atomic E-state index is 0.0684. The van der Waals surface area contributed by atoms with Gasteiger partial charge < -0.3 is 14.5 Å². The van der Waals surface area contributed by atoms with Crippen molar-refractivity contribution in [2.75, 3.05) is 26.2 Å². The van der Waals surface area contributed by atoms with Gasteiger partial charge in [-0.1, -0.05) is 6.92 Å². The van der Waals surface area contributed by atoms with Crippen LogP contribution < -0.4 is 0 Å². The summed E-state index contributed by atoms with van der Waals surface area (Å²) in [6.07, 6.45) is 0.213. The number of ether oxygens (including phenoxy) is 1. The van der Waals surface area contributed by atoms with Gasteiger partial charge in [-0.05, 0) is 27.2 Å². The molecule has 1 atom stereocenters. The highest BCUT2D eigenvalue weighted by molar-refractivity contribution is 8.14. The van der Waals surface area contributed by atoms with Gasteiger partial charge in [0, 0.05) is 43.3 Å². The molecule has 0 aromatic rings. The van der Waals surface area contributed by atoms with E-state index in [0.29, 0.717) is 13.1 Å². The van der Waals surface area contributed by atoms with E-state index >= 15 is 0 Å². The minimum atomic E-state index is -3.75. The van der Waals surface area contributed by atoms with Gasteiger partial charge in [-0.2, -0.15) is 0 Å². The Morgan fingerprint density at radius 2 is 2.00 bits per heavy atom. The number of hydrogen-bond donors (Lipinski definition) is 0. The molecule has 1 aliphatic heterocycles. The van der Waals surface area contributed by atoms with Crippen LogP contribution in [-0.4, -0.2) is 67.2 Å². The van der Waals surface area contributed by atoms with Crippen molar-refractivity contribution in [2.24, 2.45) is 0 Å². The fourth-order valence-corrected chi connectivity index (χ4v) is 3.33. The number of amides is 2. The van der Waals surface area contributed by atoms with Crippen LogP contribution in [0.3, 0.4) is 0 Å². The number of hydrogen-bond acceptors (Lipinski definition) is 5. The third-order valence-corrected chi connectivity index (χ3v) is 5.23. The molecule has 2 amide bonds. The molecule has 0 saturated carbocycles. The lowest BCUT2D eigenvalue weighted by Gasteiger charge is -2.28. The summed E-state index contributed by atoms with van der Waals surface area (Å²) in [4.78, 5) is 27.0. The molecule has 9 heteroatoms. The van der Waals surface area contributed by atoms with Crippen LogP contribution in [0, 0.1) is 0 Å². The van der Waals surface area contributed by atoms with Crippen LogP contribution in [0.4, 0.5) is 4.79 Å². The van der Waals surface area contributed by atoms with E-state index in [1.54, 1.807) is 20.8 Å². The summed E-state index contributed by atoms with van der Waals surface area (Å²) in [5.41, 5.74) is -0.593. The van der Waals surface area contributed by atoms with Crippen molar-refractivity contribution in [1.29, 1.82) is 0 Å². The van der Waals surface area contributed by atoms with Crippen molar-refractivity contribution in [1.82, 2.24) is 9.80 Å². The Bertz CT molecular complexity index is 544. The topological polar surface area (TPSA) is 84.0 Å². The van der Waals surface area contributed by atoms with Gasteiger partial charge in [0.15, 0.2) is 0 Å². The minimum Gasteiger partial charge on any atom is -0.444 e. The molecular weight excluding hydrogens is 344 g/mol. The lowest BCUT2D eigenvalue weighted by Crippen LogP contribution is -2.42. The average Bonchev–Trinajstić information content (AvgIpc) is 2.73. The van der Waals surface area contributed by atoms with Crippen molar-refractivity contribution < 1.29 is 22.7 Å². The van der Waals surface area contributed by atoms with Gasteiger partial charge in [0.2, 0.25) is 15.0 Å². The van der Waals surface area contributed by atoms with Gasteiger partial charge >= 0.3 is 6.09 Å². The summed E-state index contributed by atoms with van der Waals surface area (Å²) in [5.74, 6) is -0.264. The molecule has 1 aliphatic rings. The molecule has 1 heterocycles. The lowest BCUT2D eigenvalue weighted by atomic mass is 10.2. The van der Waals surface area contributed by atoms with E-state index in [0.717, 1.165) is 6.42 Å². The fourth-order valence-electron chi connectivity index (χ4n) is 2.27. The highest BCUT2D eigenvalue weighted by Gasteiger charge is 2.37. The molecule has 134 valence electrons. The summed E-state index contributed by atoms with van der Waals surface area (Å²) in [6.45, 7) is 8.44. The van der Waals surface area contributed by atoms with E-state index in [1.165, 1.54) is 9.80 Å². The van der Waals surface area contributed by atoms with Crippen LogP contribution in [0.2, 0.25) is 0 Å². The predicted molar refractivity (Wildman–Crippen MR) is 87.9 cm³/mol. The first-order valence-electron chi connectivity index (χ1n) is 7.63. The zero-order chi connectivity index (χ0) is 17.8. The first-order valence-corrected chi connectivity index (χ1v) is 10.0. The molecule has 0 aromatic heterocycles. The molecule has 1 unspecified atom stereocenters. The van der Waals surface area contributed by atoms with Crippen molar-refractivity contribution in [3.8, 4) is 0 Å². The van der Waals surface area contributed by atoms with E-state index in [1.807, 2.05) is 6.92 Å². The van der Waals surface area contributed by atoms with Crippen molar-refractivity contribution in [3.63, 3.8) is 0 Å². The summed E-state index contributed by atoms with van der Waals surface area (Å²) < 4.78 is 28.0. The second-order valence-electron chi connectivity index (χ2n) is 6.61. The van der Waals surface area contributed by atoms with Crippen molar-refractivity contribution in [2.45, 2.75) is 51.4 Å². The number of carbonyl (C=O) groups is 2. The highest BCUT2D eigenvalue weighted by atomic mass is 35.7. The maximum absolute atomic E-state index is 12.1. The fraction of sp³-hybridized carbons (Fsp3) is 0.857. The van der Waals surface area contributed by atoms with Crippen LogP contribution in [0.5, 0.6) is 0 Å². The van der Waals surface area contributed by atoms with Gasteiger partial charge in [-0.3, -0.25) is 4.79 Å². The molecular formula is C14H25ClN2O5S. The normalized spacial score (nSPS) is 19.1. The van der Waals surface area contributed by atoms with Crippen molar-refractivity contribution in [3.05, 3.63) is 0 Å². The molecule has 23 heavy (non-hydrogen) atoms. The third kappa shape index (κ3) is 6.55. The monoisotopic (exact) mass is 368 g/mol. The van der Waals surface area contributed by atoms with E-state index in [4.69, 9.17) is 15.4 Å². The smallest absolute Gasteiger partial charge is 0.410 e. The van der Waals surface area contributed by atoms with Crippen LogP contribution in [0.15, 0.2) is 0 Å². The molecule has 1 fully saturated rings. The largest absolute Gasteiger partial charge is 0.444 e. The average molecular weight is 369 g/mol. The third-order valence-electron chi connectivity index (χ3n) is 3.36. The SMILES string of the molecule is CCCN(CCN1CC(S(=O)(=O)Cl)CC1=O)C(=O)OC(C)(C)C. The maximum atomic E-state index is 12.1. The molecule has 7 nitrogen and oxygen atoms in total. The zero-order valence-corrected chi connectivity index (χ0v) is 15.6. The highest BCUT2D eigenvalue weighted by Crippen LogP contribution is 2.21. The Kier molecular flexibility index (Phi) is 6.70. The molecule has 0 aromatic carbocycles. The Morgan fingerprint density at radius 3 is 2.43 bits per heavy atom. The quantitative estimate of drug-likeness (QED) is 0.667. The second kappa shape index (κ2) is 7.70. The maximum Gasteiger partial charge on any atom is 0.410 e. The molecule has 0 N–H and O–H groups in total. The van der Waals surface area contributed by atoms with E-state index < -0.39 is 26.0 Å². The molecule has 0 aliphatic carbocycles. The molecule has 0 spiro atoms. The van der Waals surface area contributed by atoms with Crippen LogP contribution in [0.25, 0.3) is 0 Å². The van der Waals surface area contributed by atoms with Crippen LogP contribution >= 0.6 is 10.7 Å². The van der Waals surface area contributed by atoms with Gasteiger partial charge in [0.1, 0.15) is 10.9 Å². The molecule has 1 saturated heterocycles. The Hall–Kier alpha value is -1.02. The lowest BCUT2D eigenvalue weighted by molar-refractivity contribution is -0.127. The van der Waals surface area contributed by atoms with E-state index in [9.17, 15) is 18.0 Å². The van der Waals surface area contributed by atoms with Gasteiger partial charge in [0.05, 0.1) is 0 Å². The standard InChI is InChI=1S/C14H25ClN2O5S/c1-5-6-16(13(19)22-14(2,3)4)7-8-17-10-11(9-12(17)18)23(15,20)21/h11H,5-10H2,1-4H3. The number of carbonyl (C=O) groups excluding carboxylic acids is 2. The number of rotatable bonds is 6. The number of nitrogens with zero attached hydrogens (tertiary/aromatic N) is 2. The predicted octanol–water partition coefficient (Wildman–Crippen LogP) is 1.80. The Morgan fingerprint density at radius 1 is 1.39 bits per heavy atom. The van der Waals surface area contributed by atoms with Gasteiger partial charge in [0.25, 0.3) is 0 Å². The van der Waals surface area contributed by atoms with Crippen LogP contribution in [0.1, 0.15) is 40.5 Å². The molecule has 1 rings (SSSR count). The molecule has 0 bridgehead atoms.